The predicted octanol–water partition coefficient (Wildman–Crippen LogP) is 5.98. The summed E-state index contributed by atoms with van der Waals surface area (Å²) < 4.78 is 45.6. The summed E-state index contributed by atoms with van der Waals surface area (Å²) in [4.78, 5) is 16.4. The number of hydrogen-bond donors (Lipinski definition) is 2. The van der Waals surface area contributed by atoms with E-state index >= 15 is 0 Å². The molecular formula is C22H15BrF3IN4O2S. The zero-order valence-electron chi connectivity index (χ0n) is 17.1. The van der Waals surface area contributed by atoms with Crippen LogP contribution in [0.1, 0.15) is 16.8 Å². The van der Waals surface area contributed by atoms with Crippen LogP contribution in [0.5, 0.6) is 5.75 Å². The molecule has 0 atom stereocenters. The fourth-order valence-corrected chi connectivity index (χ4v) is 5.13. The Kier molecular flexibility index (Phi) is 8.92. The average Bonchev–Trinajstić information content (AvgIpc) is 3.19. The lowest BCUT2D eigenvalue weighted by atomic mass is 10.2. The first-order chi connectivity index (χ1) is 16.2. The van der Waals surface area contributed by atoms with Crippen molar-refractivity contribution in [3.8, 4) is 18.1 Å². The van der Waals surface area contributed by atoms with Crippen LogP contribution in [-0.2, 0) is 17.4 Å². The number of nitrogens with one attached hydrogen (secondary N) is 2. The predicted molar refractivity (Wildman–Crippen MR) is 137 cm³/mol. The second-order valence-corrected chi connectivity index (χ2v) is 9.50. The molecule has 34 heavy (non-hydrogen) atoms. The van der Waals surface area contributed by atoms with Gasteiger partial charge in [0.25, 0.3) is 0 Å². The highest BCUT2D eigenvalue weighted by molar-refractivity contribution is 14.1. The molecule has 6 nitrogen and oxygen atoms in total. The van der Waals surface area contributed by atoms with Gasteiger partial charge >= 0.3 is 6.18 Å². The van der Waals surface area contributed by atoms with E-state index in [4.69, 9.17) is 11.2 Å². The molecule has 12 heteroatoms. The number of hydrogen-bond acceptors (Lipinski definition) is 6. The first kappa shape index (κ1) is 26.0. The largest absolute Gasteiger partial charge is 0.479 e. The van der Waals surface area contributed by atoms with Crippen LogP contribution in [0, 0.1) is 15.9 Å². The quantitative estimate of drug-likeness (QED) is 0.135. The summed E-state index contributed by atoms with van der Waals surface area (Å²) in [5.41, 5.74) is 3.10. The average molecular weight is 663 g/mol. The Labute approximate surface area is 219 Å². The van der Waals surface area contributed by atoms with Gasteiger partial charge in [-0.05, 0) is 74.4 Å². The Balaban J connectivity index is 1.55. The Morgan fingerprint density at radius 3 is 2.85 bits per heavy atom. The van der Waals surface area contributed by atoms with E-state index in [-0.39, 0.29) is 18.7 Å². The van der Waals surface area contributed by atoms with E-state index in [9.17, 15) is 18.0 Å². The molecule has 2 N–H and O–H groups in total. The number of aromatic nitrogens is 1. The zero-order chi connectivity index (χ0) is 24.7. The van der Waals surface area contributed by atoms with Crippen LogP contribution in [0.3, 0.4) is 0 Å². The molecule has 0 aliphatic carbocycles. The first-order valence-electron chi connectivity index (χ1n) is 9.41. The van der Waals surface area contributed by atoms with Crippen LogP contribution in [0.25, 0.3) is 0 Å². The third kappa shape index (κ3) is 7.44. The lowest BCUT2D eigenvalue weighted by Gasteiger charge is -2.09. The van der Waals surface area contributed by atoms with Crippen molar-refractivity contribution in [2.45, 2.75) is 12.6 Å². The normalized spacial score (nSPS) is 11.3. The SMILES string of the molecule is C#CCOc1c(Br)cc(/C=N\NC(=O)Cc2csc(Nc3cccc(C(F)(F)F)c3)n2)cc1I. The maximum atomic E-state index is 12.9. The molecule has 0 saturated carbocycles. The summed E-state index contributed by atoms with van der Waals surface area (Å²) in [6, 6.07) is 8.39. The van der Waals surface area contributed by atoms with Crippen molar-refractivity contribution in [2.24, 2.45) is 5.10 Å². The molecule has 0 saturated heterocycles. The molecule has 0 spiro atoms. The van der Waals surface area contributed by atoms with E-state index in [0.717, 1.165) is 21.3 Å². The Morgan fingerprint density at radius 2 is 2.15 bits per heavy atom. The molecule has 0 unspecified atom stereocenters. The standard InChI is InChI=1S/C22H15BrF3IN4O2S/c1-2-6-33-20-17(23)7-13(8-18(20)27)11-28-31-19(32)10-16-12-34-21(30-16)29-15-5-3-4-14(9-15)22(24,25)26/h1,3-5,7-9,11-12H,6,10H2,(H,29,30)(H,31,32)/b28-11-. The van der Waals surface area contributed by atoms with Gasteiger partial charge in [0.05, 0.1) is 31.9 Å². The molecule has 0 fully saturated rings. The number of hydrazone groups is 1. The number of terminal acetylenes is 1. The number of carbonyl (C=O) groups is 1. The molecule has 176 valence electrons. The van der Waals surface area contributed by atoms with Gasteiger partial charge in [-0.1, -0.05) is 12.0 Å². The minimum Gasteiger partial charge on any atom is -0.479 e. The second-order valence-electron chi connectivity index (χ2n) is 6.62. The zero-order valence-corrected chi connectivity index (χ0v) is 21.7. The Hall–Kier alpha value is -2.63. The molecular weight excluding hydrogens is 648 g/mol. The maximum absolute atomic E-state index is 12.9. The molecule has 1 aromatic heterocycles. The lowest BCUT2D eigenvalue weighted by Crippen LogP contribution is -2.20. The van der Waals surface area contributed by atoms with E-state index < -0.39 is 17.6 Å². The van der Waals surface area contributed by atoms with E-state index in [0.29, 0.717) is 21.0 Å². The van der Waals surface area contributed by atoms with Crippen molar-refractivity contribution in [3.05, 3.63) is 66.6 Å². The summed E-state index contributed by atoms with van der Waals surface area (Å²) in [7, 11) is 0. The number of anilines is 2. The smallest absolute Gasteiger partial charge is 0.416 e. The van der Waals surface area contributed by atoms with Gasteiger partial charge in [-0.25, -0.2) is 10.4 Å². The van der Waals surface area contributed by atoms with E-state index in [1.807, 2.05) is 6.07 Å². The van der Waals surface area contributed by atoms with E-state index in [2.05, 4.69) is 65.3 Å². The van der Waals surface area contributed by atoms with E-state index in [1.54, 1.807) is 11.4 Å². The summed E-state index contributed by atoms with van der Waals surface area (Å²) in [5, 5.41) is 8.79. The monoisotopic (exact) mass is 662 g/mol. The number of alkyl halides is 3. The fourth-order valence-electron chi connectivity index (χ4n) is 2.63. The van der Waals surface area contributed by atoms with Crippen LogP contribution in [-0.4, -0.2) is 23.7 Å². The summed E-state index contributed by atoms with van der Waals surface area (Å²) in [6.07, 6.45) is 2.22. The van der Waals surface area contributed by atoms with Gasteiger partial charge < -0.3 is 10.1 Å². The molecule has 2 aromatic carbocycles. The third-order valence-corrected chi connectivity index (χ3v) is 6.25. The number of amides is 1. The third-order valence-electron chi connectivity index (χ3n) is 4.06. The number of rotatable bonds is 8. The molecule has 3 rings (SSSR count). The summed E-state index contributed by atoms with van der Waals surface area (Å²) in [6.45, 7) is 0.145. The highest BCUT2D eigenvalue weighted by Crippen LogP contribution is 2.32. The Bertz CT molecular complexity index is 1230. The molecule has 3 aromatic rings. The molecule has 1 heterocycles. The minimum absolute atomic E-state index is 0.0434. The number of halogens is 5. The van der Waals surface area contributed by atoms with Crippen molar-refractivity contribution in [3.63, 3.8) is 0 Å². The van der Waals surface area contributed by atoms with Gasteiger partial charge in [0.15, 0.2) is 5.13 Å². The van der Waals surface area contributed by atoms with Gasteiger partial charge in [-0.15, -0.1) is 17.8 Å². The highest BCUT2D eigenvalue weighted by atomic mass is 127. The molecule has 1 amide bonds. The molecule has 0 bridgehead atoms. The minimum atomic E-state index is -4.43. The summed E-state index contributed by atoms with van der Waals surface area (Å²) in [5.74, 6) is 2.63. The number of nitrogens with zero attached hydrogens (tertiary/aromatic N) is 2. The van der Waals surface area contributed by atoms with Gasteiger partial charge in [-0.2, -0.15) is 18.3 Å². The van der Waals surface area contributed by atoms with Crippen LogP contribution in [0.4, 0.5) is 24.0 Å². The van der Waals surface area contributed by atoms with Crippen LogP contribution in [0.2, 0.25) is 0 Å². The molecule has 0 aliphatic rings. The van der Waals surface area contributed by atoms with Crippen molar-refractivity contribution >= 4 is 72.8 Å². The topological polar surface area (TPSA) is 75.6 Å². The van der Waals surface area contributed by atoms with Crippen LogP contribution < -0.4 is 15.5 Å². The maximum Gasteiger partial charge on any atom is 0.416 e. The lowest BCUT2D eigenvalue weighted by molar-refractivity contribution is -0.137. The number of ether oxygens (including phenoxy) is 1. The van der Waals surface area contributed by atoms with Gasteiger partial charge in [0.2, 0.25) is 5.91 Å². The fraction of sp³-hybridized carbons (Fsp3) is 0.136. The van der Waals surface area contributed by atoms with Crippen molar-refractivity contribution in [1.29, 1.82) is 0 Å². The van der Waals surface area contributed by atoms with Crippen molar-refractivity contribution in [2.75, 3.05) is 11.9 Å². The summed E-state index contributed by atoms with van der Waals surface area (Å²) >= 11 is 6.70. The second kappa shape index (κ2) is 11.7. The first-order valence-corrected chi connectivity index (χ1v) is 12.2. The van der Waals surface area contributed by atoms with E-state index in [1.165, 1.54) is 29.7 Å². The molecule has 0 radical (unpaired) electrons. The van der Waals surface area contributed by atoms with Gasteiger partial charge in [0, 0.05) is 11.1 Å². The molecule has 0 aliphatic heterocycles. The number of carbonyl (C=O) groups excluding carboxylic acids is 1. The highest BCUT2D eigenvalue weighted by Gasteiger charge is 2.30. The van der Waals surface area contributed by atoms with Gasteiger partial charge in [-0.3, -0.25) is 4.79 Å². The van der Waals surface area contributed by atoms with Crippen molar-refractivity contribution in [1.82, 2.24) is 10.4 Å². The van der Waals surface area contributed by atoms with Crippen molar-refractivity contribution < 1.29 is 22.7 Å². The number of benzene rings is 2. The van der Waals surface area contributed by atoms with Crippen LogP contribution >= 0.6 is 49.9 Å². The Morgan fingerprint density at radius 1 is 1.35 bits per heavy atom. The number of thiazole rings is 1. The van der Waals surface area contributed by atoms with Gasteiger partial charge in [0.1, 0.15) is 12.4 Å². The van der Waals surface area contributed by atoms with Crippen LogP contribution in [0.15, 0.2) is 51.4 Å².